The maximum absolute atomic E-state index is 12.6. The number of aryl methyl sites for hydroxylation is 1. The minimum absolute atomic E-state index is 0.0262. The molecular weight excluding hydrogens is 352 g/mol. The number of amides is 1. The van der Waals surface area contributed by atoms with E-state index in [0.29, 0.717) is 31.5 Å². The molecule has 1 fully saturated rings. The molecule has 1 aliphatic rings. The highest BCUT2D eigenvalue weighted by molar-refractivity contribution is 7.88. The van der Waals surface area contributed by atoms with Crippen LogP contribution in [0.25, 0.3) is 5.69 Å². The van der Waals surface area contributed by atoms with E-state index in [2.05, 4.69) is 10.4 Å². The molecule has 1 aliphatic heterocycles. The van der Waals surface area contributed by atoms with Gasteiger partial charge in [-0.2, -0.15) is 5.10 Å². The van der Waals surface area contributed by atoms with Gasteiger partial charge in [0.15, 0.2) is 0 Å². The highest BCUT2D eigenvalue weighted by Crippen LogP contribution is 2.19. The fraction of sp³-hybridized carbons (Fsp3) is 0.444. The largest absolute Gasteiger partial charge is 0.349 e. The number of piperidine rings is 1. The number of hydrogen-bond donors (Lipinski definition) is 1. The molecule has 1 aromatic heterocycles. The van der Waals surface area contributed by atoms with Gasteiger partial charge in [-0.1, -0.05) is 18.2 Å². The zero-order chi connectivity index (χ0) is 18.9. The van der Waals surface area contributed by atoms with Gasteiger partial charge in [0, 0.05) is 19.1 Å². The topological polar surface area (TPSA) is 84.3 Å². The average molecular weight is 376 g/mol. The van der Waals surface area contributed by atoms with Gasteiger partial charge in [-0.25, -0.2) is 17.4 Å². The number of para-hydroxylation sites is 1. The van der Waals surface area contributed by atoms with Crippen molar-refractivity contribution in [3.05, 3.63) is 47.3 Å². The van der Waals surface area contributed by atoms with E-state index in [9.17, 15) is 13.2 Å². The molecule has 8 heteroatoms. The first kappa shape index (κ1) is 18.6. The summed E-state index contributed by atoms with van der Waals surface area (Å²) in [4.78, 5) is 12.6. The summed E-state index contributed by atoms with van der Waals surface area (Å²) in [6, 6.07) is 7.86. The van der Waals surface area contributed by atoms with Gasteiger partial charge in [-0.15, -0.1) is 0 Å². The quantitative estimate of drug-likeness (QED) is 0.879. The number of hydrogen-bond acceptors (Lipinski definition) is 4. The van der Waals surface area contributed by atoms with E-state index >= 15 is 0 Å². The zero-order valence-electron chi connectivity index (χ0n) is 15.3. The molecule has 0 aliphatic carbocycles. The molecule has 140 valence electrons. The van der Waals surface area contributed by atoms with Crippen molar-refractivity contribution in [2.75, 3.05) is 19.3 Å². The standard InChI is InChI=1S/C18H24N4O3S/c1-13-6-4-5-7-17(13)22-14(2)16(12-19-22)18(23)20-15-8-10-21(11-9-15)26(3,24)25/h4-7,12,15H,8-11H2,1-3H3,(H,20,23). The highest BCUT2D eigenvalue weighted by Gasteiger charge is 2.26. The second-order valence-electron chi connectivity index (χ2n) is 6.75. The fourth-order valence-electron chi connectivity index (χ4n) is 3.27. The lowest BCUT2D eigenvalue weighted by Gasteiger charge is -2.30. The van der Waals surface area contributed by atoms with Crippen molar-refractivity contribution in [3.8, 4) is 5.69 Å². The number of benzene rings is 1. The van der Waals surface area contributed by atoms with E-state index < -0.39 is 10.0 Å². The molecule has 3 rings (SSSR count). The number of carbonyl (C=O) groups is 1. The van der Waals surface area contributed by atoms with E-state index in [1.54, 1.807) is 10.9 Å². The highest BCUT2D eigenvalue weighted by atomic mass is 32.2. The fourth-order valence-corrected chi connectivity index (χ4v) is 4.15. The molecule has 0 radical (unpaired) electrons. The minimum Gasteiger partial charge on any atom is -0.349 e. The van der Waals surface area contributed by atoms with Crippen LogP contribution in [0.1, 0.15) is 34.5 Å². The van der Waals surface area contributed by atoms with Crippen LogP contribution in [0.4, 0.5) is 0 Å². The predicted octanol–water partition coefficient (Wildman–Crippen LogP) is 1.64. The van der Waals surface area contributed by atoms with Crippen molar-refractivity contribution >= 4 is 15.9 Å². The minimum atomic E-state index is -3.16. The number of nitrogens with one attached hydrogen (secondary N) is 1. The maximum Gasteiger partial charge on any atom is 0.254 e. The smallest absolute Gasteiger partial charge is 0.254 e. The molecule has 0 bridgehead atoms. The van der Waals surface area contributed by atoms with Gasteiger partial charge < -0.3 is 5.32 Å². The lowest BCUT2D eigenvalue weighted by atomic mass is 10.1. The van der Waals surface area contributed by atoms with Crippen LogP contribution in [0.5, 0.6) is 0 Å². The number of carbonyl (C=O) groups excluding carboxylic acids is 1. The maximum atomic E-state index is 12.6. The van der Waals surface area contributed by atoms with Crippen LogP contribution >= 0.6 is 0 Å². The lowest BCUT2D eigenvalue weighted by Crippen LogP contribution is -2.46. The summed E-state index contributed by atoms with van der Waals surface area (Å²) >= 11 is 0. The van der Waals surface area contributed by atoms with Crippen LogP contribution in [0.3, 0.4) is 0 Å². The van der Waals surface area contributed by atoms with Crippen molar-refractivity contribution in [2.24, 2.45) is 0 Å². The summed E-state index contributed by atoms with van der Waals surface area (Å²) in [5, 5.41) is 7.39. The van der Waals surface area contributed by atoms with E-state index in [-0.39, 0.29) is 11.9 Å². The summed E-state index contributed by atoms with van der Waals surface area (Å²) < 4.78 is 26.4. The molecule has 0 saturated carbocycles. The van der Waals surface area contributed by atoms with Crippen LogP contribution in [0.15, 0.2) is 30.5 Å². The Morgan fingerprint density at radius 3 is 2.46 bits per heavy atom. The van der Waals surface area contributed by atoms with E-state index in [0.717, 1.165) is 16.9 Å². The van der Waals surface area contributed by atoms with Gasteiger partial charge in [-0.05, 0) is 38.3 Å². The Morgan fingerprint density at radius 2 is 1.85 bits per heavy atom. The zero-order valence-corrected chi connectivity index (χ0v) is 16.1. The molecular formula is C18H24N4O3S. The average Bonchev–Trinajstić information content (AvgIpc) is 2.96. The Bertz CT molecular complexity index is 912. The van der Waals surface area contributed by atoms with Gasteiger partial charge >= 0.3 is 0 Å². The molecule has 0 spiro atoms. The van der Waals surface area contributed by atoms with Gasteiger partial charge in [0.1, 0.15) is 0 Å². The molecule has 2 aromatic rings. The third-order valence-corrected chi connectivity index (χ3v) is 6.16. The lowest BCUT2D eigenvalue weighted by molar-refractivity contribution is 0.0923. The molecule has 7 nitrogen and oxygen atoms in total. The first-order valence-corrected chi connectivity index (χ1v) is 10.5. The van der Waals surface area contributed by atoms with Crippen LogP contribution < -0.4 is 5.32 Å². The number of aromatic nitrogens is 2. The van der Waals surface area contributed by atoms with E-state index in [1.165, 1.54) is 10.6 Å². The first-order chi connectivity index (χ1) is 12.3. The van der Waals surface area contributed by atoms with Crippen molar-refractivity contribution in [2.45, 2.75) is 32.7 Å². The monoisotopic (exact) mass is 376 g/mol. The van der Waals surface area contributed by atoms with Crippen LogP contribution in [-0.2, 0) is 10.0 Å². The normalized spacial score (nSPS) is 16.6. The van der Waals surface area contributed by atoms with Gasteiger partial charge in [-0.3, -0.25) is 4.79 Å². The number of nitrogens with zero attached hydrogens (tertiary/aromatic N) is 3. The summed E-state index contributed by atoms with van der Waals surface area (Å²) in [6.45, 7) is 4.75. The second kappa shape index (κ2) is 7.20. The van der Waals surface area contributed by atoms with Crippen LogP contribution in [0.2, 0.25) is 0 Å². The van der Waals surface area contributed by atoms with Crippen molar-refractivity contribution in [1.29, 1.82) is 0 Å². The molecule has 1 N–H and O–H groups in total. The summed E-state index contributed by atoms with van der Waals surface area (Å²) in [7, 11) is -3.16. The molecule has 26 heavy (non-hydrogen) atoms. The number of rotatable bonds is 4. The Kier molecular flexibility index (Phi) is 5.15. The van der Waals surface area contributed by atoms with Crippen LogP contribution in [0, 0.1) is 13.8 Å². The SMILES string of the molecule is Cc1ccccc1-n1ncc(C(=O)NC2CCN(S(C)(=O)=O)CC2)c1C. The third kappa shape index (κ3) is 3.81. The Labute approximate surface area is 154 Å². The van der Waals surface area contributed by atoms with Gasteiger partial charge in [0.2, 0.25) is 10.0 Å². The van der Waals surface area contributed by atoms with Crippen molar-refractivity contribution < 1.29 is 13.2 Å². The van der Waals surface area contributed by atoms with Crippen LogP contribution in [-0.4, -0.2) is 53.8 Å². The van der Waals surface area contributed by atoms with E-state index in [4.69, 9.17) is 0 Å². The predicted molar refractivity (Wildman–Crippen MR) is 99.9 cm³/mol. The van der Waals surface area contributed by atoms with Gasteiger partial charge in [0.05, 0.1) is 29.4 Å². The summed E-state index contributed by atoms with van der Waals surface area (Å²) in [5.41, 5.74) is 3.36. The van der Waals surface area contributed by atoms with Gasteiger partial charge in [0.25, 0.3) is 5.91 Å². The second-order valence-corrected chi connectivity index (χ2v) is 8.73. The molecule has 0 atom stereocenters. The summed E-state index contributed by atoms with van der Waals surface area (Å²) in [6.07, 6.45) is 4.03. The van der Waals surface area contributed by atoms with Crippen molar-refractivity contribution in [3.63, 3.8) is 0 Å². The molecule has 1 saturated heterocycles. The van der Waals surface area contributed by atoms with E-state index in [1.807, 2.05) is 38.1 Å². The Morgan fingerprint density at radius 1 is 1.19 bits per heavy atom. The molecule has 1 amide bonds. The number of sulfonamides is 1. The molecule has 0 unspecified atom stereocenters. The first-order valence-electron chi connectivity index (χ1n) is 8.64. The molecule has 2 heterocycles. The Hall–Kier alpha value is -2.19. The van der Waals surface area contributed by atoms with Crippen molar-refractivity contribution in [1.82, 2.24) is 19.4 Å². The molecule has 1 aromatic carbocycles. The third-order valence-electron chi connectivity index (χ3n) is 4.86. The summed E-state index contributed by atoms with van der Waals surface area (Å²) in [5.74, 6) is -0.167. The Balaban J connectivity index is 1.69.